The van der Waals surface area contributed by atoms with Crippen LogP contribution in [-0.2, 0) is 26.3 Å². The van der Waals surface area contributed by atoms with Crippen molar-refractivity contribution in [3.05, 3.63) is 77.9 Å². The molecule has 3 aliphatic rings. The molecule has 0 saturated carbocycles. The van der Waals surface area contributed by atoms with E-state index in [0.717, 1.165) is 40.4 Å². The topological polar surface area (TPSA) is 79.3 Å². The number of hydrogen-bond donors (Lipinski definition) is 1. The highest BCUT2D eigenvalue weighted by molar-refractivity contribution is 6.91. The number of para-hydroxylation sites is 1. The number of rotatable bonds is 6. The zero-order valence-corrected chi connectivity index (χ0v) is 25.4. The molecule has 41 heavy (non-hydrogen) atoms. The first-order chi connectivity index (χ1) is 19.6. The standard InChI is InChI=1S/C33H38N2O5Si/c1-21-31(41(4,5)25-14-12-24(39-3)13-15-25)29(18-19-36)40-33(21)26-20-23(11-16-28(26)34(2)32(33)38)35-27-9-7-6-8-22(27)10-17-30(35)37/h6-9,11-16,20-21,29,31,36H,10,17-19H2,1-5H3/t21-,29+,31-,33+/m0/s1. The van der Waals surface area contributed by atoms with Crippen LogP contribution in [0.1, 0.15) is 30.9 Å². The molecule has 3 aromatic rings. The predicted octanol–water partition coefficient (Wildman–Crippen LogP) is 4.88. The number of hydrogen-bond acceptors (Lipinski definition) is 5. The number of fused-ring (bicyclic) bond motifs is 3. The van der Waals surface area contributed by atoms with Crippen LogP contribution in [0, 0.1) is 5.92 Å². The number of likely N-dealkylation sites (N-methyl/N-ethyl adjacent to an activating group) is 1. The Bertz CT molecular complexity index is 1510. The van der Waals surface area contributed by atoms with Gasteiger partial charge in [-0.25, -0.2) is 0 Å². The number of nitrogens with zero attached hydrogens (tertiary/aromatic N) is 2. The summed E-state index contributed by atoms with van der Waals surface area (Å²) in [5, 5.41) is 11.3. The molecule has 1 saturated heterocycles. The van der Waals surface area contributed by atoms with Crippen LogP contribution in [-0.4, -0.2) is 51.9 Å². The fraction of sp³-hybridized carbons (Fsp3) is 0.394. The van der Waals surface area contributed by atoms with Crippen molar-refractivity contribution in [1.29, 1.82) is 0 Å². The van der Waals surface area contributed by atoms with Gasteiger partial charge in [-0.05, 0) is 60.3 Å². The number of aryl methyl sites for hydroxylation is 1. The van der Waals surface area contributed by atoms with Gasteiger partial charge in [0.05, 0.1) is 32.7 Å². The summed E-state index contributed by atoms with van der Waals surface area (Å²) in [5.74, 6) is 0.603. The first kappa shape index (κ1) is 27.7. The van der Waals surface area contributed by atoms with Gasteiger partial charge in [0.15, 0.2) is 5.60 Å². The minimum Gasteiger partial charge on any atom is -0.497 e. The highest BCUT2D eigenvalue weighted by Gasteiger charge is 2.65. The number of methoxy groups -OCH3 is 1. The number of aliphatic hydroxyl groups excluding tert-OH is 1. The second-order valence-corrected chi connectivity index (χ2v) is 16.8. The molecule has 7 nitrogen and oxygen atoms in total. The Labute approximate surface area is 242 Å². The molecule has 0 bridgehead atoms. The quantitative estimate of drug-likeness (QED) is 0.428. The molecule has 2 amide bonds. The summed E-state index contributed by atoms with van der Waals surface area (Å²) >= 11 is 0. The summed E-state index contributed by atoms with van der Waals surface area (Å²) in [4.78, 5) is 31.0. The Kier molecular flexibility index (Phi) is 6.83. The third kappa shape index (κ3) is 4.07. The van der Waals surface area contributed by atoms with Crippen LogP contribution in [0.2, 0.25) is 18.6 Å². The lowest BCUT2D eigenvalue weighted by molar-refractivity contribution is -0.145. The average molecular weight is 571 g/mol. The van der Waals surface area contributed by atoms with Gasteiger partial charge in [0, 0.05) is 37.2 Å². The van der Waals surface area contributed by atoms with E-state index in [9.17, 15) is 14.7 Å². The molecule has 0 aliphatic carbocycles. The second kappa shape index (κ2) is 10.1. The Morgan fingerprint density at radius 1 is 1.02 bits per heavy atom. The minimum atomic E-state index is -2.24. The molecule has 6 rings (SSSR count). The fourth-order valence-corrected chi connectivity index (χ4v) is 11.7. The van der Waals surface area contributed by atoms with E-state index >= 15 is 0 Å². The molecule has 214 valence electrons. The molecule has 3 heterocycles. The van der Waals surface area contributed by atoms with Crippen LogP contribution in [0.4, 0.5) is 17.1 Å². The molecule has 4 atom stereocenters. The molecule has 3 aliphatic heterocycles. The summed E-state index contributed by atoms with van der Waals surface area (Å²) in [6.45, 7) is 6.77. The molecule has 1 N–H and O–H groups in total. The van der Waals surface area contributed by atoms with Gasteiger partial charge in [-0.3, -0.25) is 14.5 Å². The molecular weight excluding hydrogens is 532 g/mol. The summed E-state index contributed by atoms with van der Waals surface area (Å²) < 4.78 is 12.3. The van der Waals surface area contributed by atoms with Gasteiger partial charge in [0.25, 0.3) is 5.91 Å². The molecule has 3 aromatic carbocycles. The van der Waals surface area contributed by atoms with Crippen LogP contribution in [0.3, 0.4) is 0 Å². The SMILES string of the molecule is COc1ccc([Si](C)(C)[C@@H]2[C@@H](CCO)O[C@]3(C(=O)N(C)c4ccc(N5C(=O)CCc6ccccc65)cc43)[C@H]2C)cc1. The molecule has 0 unspecified atom stereocenters. The van der Waals surface area contributed by atoms with E-state index in [1.807, 2.05) is 48.5 Å². The number of carbonyl (C=O) groups is 2. The molecule has 0 radical (unpaired) electrons. The predicted molar refractivity (Wildman–Crippen MR) is 163 cm³/mol. The van der Waals surface area contributed by atoms with Crippen LogP contribution in [0.15, 0.2) is 66.7 Å². The number of ether oxygens (including phenoxy) is 2. The number of carbonyl (C=O) groups excluding carboxylic acids is 2. The van der Waals surface area contributed by atoms with E-state index in [1.54, 1.807) is 24.0 Å². The van der Waals surface area contributed by atoms with Gasteiger partial charge in [0.2, 0.25) is 5.91 Å². The Morgan fingerprint density at radius 2 is 1.76 bits per heavy atom. The van der Waals surface area contributed by atoms with Crippen LogP contribution in [0.25, 0.3) is 0 Å². The van der Waals surface area contributed by atoms with Crippen LogP contribution < -0.4 is 19.7 Å². The third-order valence-corrected chi connectivity index (χ3v) is 14.1. The van der Waals surface area contributed by atoms with E-state index < -0.39 is 13.7 Å². The van der Waals surface area contributed by atoms with Crippen molar-refractivity contribution in [2.24, 2.45) is 5.92 Å². The number of amides is 2. The Morgan fingerprint density at radius 3 is 2.46 bits per heavy atom. The Hall–Kier alpha value is -3.46. The van der Waals surface area contributed by atoms with Crippen molar-refractivity contribution < 1.29 is 24.2 Å². The third-order valence-electron chi connectivity index (χ3n) is 9.71. The molecule has 8 heteroatoms. The lowest BCUT2D eigenvalue weighted by atomic mass is 9.82. The van der Waals surface area contributed by atoms with E-state index in [2.05, 4.69) is 38.2 Å². The van der Waals surface area contributed by atoms with Gasteiger partial charge in [-0.2, -0.15) is 0 Å². The molecule has 1 fully saturated rings. The zero-order valence-electron chi connectivity index (χ0n) is 24.4. The van der Waals surface area contributed by atoms with Crippen molar-refractivity contribution in [2.45, 2.75) is 56.5 Å². The number of benzene rings is 3. The maximum atomic E-state index is 14.2. The van der Waals surface area contributed by atoms with E-state index in [1.165, 1.54) is 5.19 Å². The van der Waals surface area contributed by atoms with Gasteiger partial charge >= 0.3 is 0 Å². The normalized spacial score (nSPS) is 25.6. The largest absolute Gasteiger partial charge is 0.497 e. The minimum absolute atomic E-state index is 0.0208. The number of anilines is 3. The molecule has 0 aromatic heterocycles. The van der Waals surface area contributed by atoms with Gasteiger partial charge in [0.1, 0.15) is 5.75 Å². The highest BCUT2D eigenvalue weighted by Crippen LogP contribution is 2.60. The van der Waals surface area contributed by atoms with Gasteiger partial charge in [-0.15, -0.1) is 0 Å². The van der Waals surface area contributed by atoms with Crippen LogP contribution >= 0.6 is 0 Å². The van der Waals surface area contributed by atoms with Crippen molar-refractivity contribution in [2.75, 3.05) is 30.6 Å². The van der Waals surface area contributed by atoms with E-state index in [-0.39, 0.29) is 36.0 Å². The lowest BCUT2D eigenvalue weighted by Crippen LogP contribution is -2.51. The summed E-state index contributed by atoms with van der Waals surface area (Å²) in [7, 11) is 1.22. The summed E-state index contributed by atoms with van der Waals surface area (Å²) in [6.07, 6.45) is 1.32. The van der Waals surface area contributed by atoms with Crippen LogP contribution in [0.5, 0.6) is 5.75 Å². The second-order valence-electron chi connectivity index (χ2n) is 12.1. The highest BCUT2D eigenvalue weighted by atomic mass is 28.3. The Balaban J connectivity index is 1.47. The van der Waals surface area contributed by atoms with E-state index in [4.69, 9.17) is 9.47 Å². The summed E-state index contributed by atoms with van der Waals surface area (Å²) in [5.41, 5.74) is 3.24. The lowest BCUT2D eigenvalue weighted by Gasteiger charge is -2.37. The first-order valence-corrected chi connectivity index (χ1v) is 17.5. The molecular formula is C33H38N2O5Si. The maximum absolute atomic E-state index is 14.2. The van der Waals surface area contributed by atoms with Crippen molar-refractivity contribution >= 4 is 42.1 Å². The van der Waals surface area contributed by atoms with Gasteiger partial charge in [-0.1, -0.05) is 55.5 Å². The van der Waals surface area contributed by atoms with Crippen molar-refractivity contribution in [1.82, 2.24) is 0 Å². The monoisotopic (exact) mass is 570 g/mol. The smallest absolute Gasteiger partial charge is 0.264 e. The fourth-order valence-electron chi connectivity index (χ4n) is 7.65. The summed E-state index contributed by atoms with van der Waals surface area (Å²) in [6, 6.07) is 22.1. The van der Waals surface area contributed by atoms with E-state index in [0.29, 0.717) is 12.8 Å². The van der Waals surface area contributed by atoms with Crippen molar-refractivity contribution in [3.63, 3.8) is 0 Å². The van der Waals surface area contributed by atoms with Crippen molar-refractivity contribution in [3.8, 4) is 5.75 Å². The first-order valence-electron chi connectivity index (χ1n) is 14.4. The zero-order chi connectivity index (χ0) is 29.1. The number of aliphatic hydroxyl groups is 1. The maximum Gasteiger partial charge on any atom is 0.264 e. The van der Waals surface area contributed by atoms with Gasteiger partial charge < -0.3 is 19.5 Å². The molecule has 1 spiro atoms. The average Bonchev–Trinajstić information content (AvgIpc) is 3.39.